The first kappa shape index (κ1) is 22.7. The van der Waals surface area contributed by atoms with E-state index in [0.717, 1.165) is 5.56 Å². The van der Waals surface area contributed by atoms with E-state index < -0.39 is 11.9 Å². The van der Waals surface area contributed by atoms with Crippen molar-refractivity contribution in [3.05, 3.63) is 105 Å². The van der Waals surface area contributed by atoms with Crippen LogP contribution >= 0.6 is 11.6 Å². The molecule has 0 aliphatic carbocycles. The first-order valence-corrected chi connectivity index (χ1v) is 11.2. The summed E-state index contributed by atoms with van der Waals surface area (Å²) in [5.74, 6) is 0.819. The fourth-order valence-electron chi connectivity index (χ4n) is 4.27. The smallest absolute Gasteiger partial charge is 0.296 e. The van der Waals surface area contributed by atoms with Crippen molar-refractivity contribution in [3.63, 3.8) is 0 Å². The lowest BCUT2D eigenvalue weighted by molar-refractivity contribution is 0.0970. The number of amides is 1. The lowest BCUT2D eigenvalue weighted by Crippen LogP contribution is -2.30. The van der Waals surface area contributed by atoms with Crippen molar-refractivity contribution in [2.45, 2.75) is 13.0 Å². The van der Waals surface area contributed by atoms with Gasteiger partial charge >= 0.3 is 0 Å². The van der Waals surface area contributed by atoms with Gasteiger partial charge in [0.2, 0.25) is 5.76 Å². The third kappa shape index (κ3) is 3.84. The topological polar surface area (TPSA) is 81.9 Å². The first-order valence-electron chi connectivity index (χ1n) is 10.9. The Labute approximate surface area is 206 Å². The van der Waals surface area contributed by atoms with Gasteiger partial charge in [0.25, 0.3) is 5.91 Å². The Balaban J connectivity index is 1.76. The molecule has 0 saturated heterocycles. The van der Waals surface area contributed by atoms with Crippen LogP contribution in [-0.2, 0) is 0 Å². The fraction of sp³-hybridized carbons (Fsp3) is 0.148. The number of carbonyl (C=O) groups is 1. The maximum absolute atomic E-state index is 13.7. The van der Waals surface area contributed by atoms with Gasteiger partial charge in [0.05, 0.1) is 29.1 Å². The SMILES string of the molecule is C=CCOc1ccc(C2c3c(oc4ccc(C)cc4c3=O)C(=O)N2c2ccc(Cl)cn2)cc1OC. The number of aryl methyl sites for hydroxylation is 1. The third-order valence-corrected chi connectivity index (χ3v) is 6.07. The van der Waals surface area contributed by atoms with Crippen LogP contribution in [0.5, 0.6) is 11.5 Å². The van der Waals surface area contributed by atoms with E-state index in [2.05, 4.69) is 11.6 Å². The number of anilines is 1. The minimum Gasteiger partial charge on any atom is -0.493 e. The van der Waals surface area contributed by atoms with E-state index in [0.29, 0.717) is 45.5 Å². The van der Waals surface area contributed by atoms with E-state index >= 15 is 0 Å². The summed E-state index contributed by atoms with van der Waals surface area (Å²) in [5, 5.41) is 0.834. The van der Waals surface area contributed by atoms with Gasteiger partial charge in [0, 0.05) is 6.20 Å². The zero-order valence-electron chi connectivity index (χ0n) is 19.1. The van der Waals surface area contributed by atoms with E-state index in [-0.39, 0.29) is 16.8 Å². The normalized spacial score (nSPS) is 14.8. The number of methoxy groups -OCH3 is 1. The highest BCUT2D eigenvalue weighted by Gasteiger charge is 2.44. The van der Waals surface area contributed by atoms with Crippen LogP contribution in [0.25, 0.3) is 11.0 Å². The summed E-state index contributed by atoms with van der Waals surface area (Å²) in [6, 6.07) is 13.0. The summed E-state index contributed by atoms with van der Waals surface area (Å²) in [6.45, 7) is 5.86. The lowest BCUT2D eigenvalue weighted by atomic mass is 9.97. The van der Waals surface area contributed by atoms with Crippen molar-refractivity contribution in [1.82, 2.24) is 4.98 Å². The molecule has 2 aromatic carbocycles. The molecule has 0 saturated carbocycles. The van der Waals surface area contributed by atoms with E-state index in [1.54, 1.807) is 48.5 Å². The van der Waals surface area contributed by atoms with Gasteiger partial charge in [0.15, 0.2) is 16.9 Å². The van der Waals surface area contributed by atoms with Crippen molar-refractivity contribution in [2.24, 2.45) is 0 Å². The number of hydrogen-bond acceptors (Lipinski definition) is 6. The van der Waals surface area contributed by atoms with Gasteiger partial charge in [-0.2, -0.15) is 0 Å². The van der Waals surface area contributed by atoms with E-state index in [9.17, 15) is 9.59 Å². The summed E-state index contributed by atoms with van der Waals surface area (Å²) in [6.07, 6.45) is 3.08. The Morgan fingerprint density at radius 2 is 1.97 bits per heavy atom. The Kier molecular flexibility index (Phi) is 5.78. The van der Waals surface area contributed by atoms with Crippen LogP contribution < -0.4 is 19.8 Å². The molecule has 0 bridgehead atoms. The molecular weight excluding hydrogens is 468 g/mol. The molecule has 176 valence electrons. The second-order valence-corrected chi connectivity index (χ2v) is 8.53. The zero-order valence-corrected chi connectivity index (χ0v) is 19.8. The molecule has 8 heteroatoms. The van der Waals surface area contributed by atoms with Crippen LogP contribution in [0.3, 0.4) is 0 Å². The molecule has 7 nitrogen and oxygen atoms in total. The average Bonchev–Trinajstić information content (AvgIpc) is 3.16. The summed E-state index contributed by atoms with van der Waals surface area (Å²) >= 11 is 6.03. The number of hydrogen-bond donors (Lipinski definition) is 0. The van der Waals surface area contributed by atoms with Gasteiger partial charge in [0.1, 0.15) is 18.0 Å². The molecule has 35 heavy (non-hydrogen) atoms. The molecule has 1 unspecified atom stereocenters. The van der Waals surface area contributed by atoms with Gasteiger partial charge in [-0.05, 0) is 48.9 Å². The number of nitrogens with zero attached hydrogens (tertiary/aromatic N) is 2. The number of benzene rings is 2. The highest BCUT2D eigenvalue weighted by atomic mass is 35.5. The van der Waals surface area contributed by atoms with Gasteiger partial charge in [-0.3, -0.25) is 14.5 Å². The molecule has 4 aromatic rings. The molecule has 1 aliphatic heterocycles. The number of aromatic nitrogens is 1. The molecule has 0 fully saturated rings. The second kappa shape index (κ2) is 8.92. The van der Waals surface area contributed by atoms with Crippen LogP contribution in [0.2, 0.25) is 5.02 Å². The monoisotopic (exact) mass is 488 g/mol. The van der Waals surface area contributed by atoms with Crippen molar-refractivity contribution in [1.29, 1.82) is 0 Å². The number of fused-ring (bicyclic) bond motifs is 2. The Morgan fingerprint density at radius 1 is 1.14 bits per heavy atom. The van der Waals surface area contributed by atoms with Crippen molar-refractivity contribution in [2.75, 3.05) is 18.6 Å². The van der Waals surface area contributed by atoms with Crippen LogP contribution in [0.4, 0.5) is 5.82 Å². The molecule has 0 spiro atoms. The molecular formula is C27H21ClN2O5. The van der Waals surface area contributed by atoms with Crippen molar-refractivity contribution >= 4 is 34.3 Å². The molecule has 0 N–H and O–H groups in total. The zero-order chi connectivity index (χ0) is 24.7. The lowest BCUT2D eigenvalue weighted by Gasteiger charge is -2.25. The number of rotatable bonds is 6. The van der Waals surface area contributed by atoms with Gasteiger partial charge in [-0.1, -0.05) is 42.0 Å². The van der Waals surface area contributed by atoms with Gasteiger partial charge in [-0.25, -0.2) is 4.98 Å². The molecule has 1 amide bonds. The summed E-state index contributed by atoms with van der Waals surface area (Å²) < 4.78 is 17.2. The molecule has 5 rings (SSSR count). The molecule has 1 atom stereocenters. The van der Waals surface area contributed by atoms with Crippen molar-refractivity contribution < 1.29 is 18.7 Å². The molecule has 3 heterocycles. The fourth-order valence-corrected chi connectivity index (χ4v) is 4.38. The Morgan fingerprint density at radius 3 is 2.69 bits per heavy atom. The molecule has 0 radical (unpaired) electrons. The minimum atomic E-state index is -0.797. The first-order chi connectivity index (χ1) is 16.9. The number of ether oxygens (including phenoxy) is 2. The average molecular weight is 489 g/mol. The Hall–Kier alpha value is -4.10. The number of carbonyl (C=O) groups excluding carboxylic acids is 1. The van der Waals surface area contributed by atoms with Crippen molar-refractivity contribution in [3.8, 4) is 11.5 Å². The summed E-state index contributed by atoms with van der Waals surface area (Å²) in [7, 11) is 1.52. The third-order valence-electron chi connectivity index (χ3n) is 5.84. The maximum Gasteiger partial charge on any atom is 0.296 e. The minimum absolute atomic E-state index is 0.0148. The highest BCUT2D eigenvalue weighted by Crippen LogP contribution is 2.43. The van der Waals surface area contributed by atoms with Crippen LogP contribution in [0.15, 0.2) is 76.6 Å². The Bertz CT molecular complexity index is 1530. The molecule has 2 aromatic heterocycles. The largest absolute Gasteiger partial charge is 0.493 e. The molecule has 1 aliphatic rings. The van der Waals surface area contributed by atoms with E-state index in [4.69, 9.17) is 25.5 Å². The van der Waals surface area contributed by atoms with Crippen LogP contribution in [-0.4, -0.2) is 24.6 Å². The van der Waals surface area contributed by atoms with Gasteiger partial charge in [-0.15, -0.1) is 0 Å². The number of halogens is 1. The maximum atomic E-state index is 13.7. The predicted octanol–water partition coefficient (Wildman–Crippen LogP) is 5.47. The van der Waals surface area contributed by atoms with Crippen LogP contribution in [0, 0.1) is 6.92 Å². The quantitative estimate of drug-likeness (QED) is 0.334. The predicted molar refractivity (Wildman–Crippen MR) is 134 cm³/mol. The van der Waals surface area contributed by atoms with Crippen LogP contribution in [0.1, 0.15) is 33.3 Å². The van der Waals surface area contributed by atoms with Gasteiger partial charge < -0.3 is 13.9 Å². The summed E-state index contributed by atoms with van der Waals surface area (Å²) in [5.41, 5.74) is 1.86. The van der Waals surface area contributed by atoms with E-state index in [1.165, 1.54) is 18.2 Å². The highest BCUT2D eigenvalue weighted by molar-refractivity contribution is 6.30. The second-order valence-electron chi connectivity index (χ2n) is 8.10. The van der Waals surface area contributed by atoms with E-state index in [1.807, 2.05) is 13.0 Å². The summed E-state index contributed by atoms with van der Waals surface area (Å²) in [4.78, 5) is 33.2. The standard InChI is InChI=1S/C27H21ClN2O5/c1-4-11-34-20-9-6-16(13-21(20)33-3)24-23-25(31)18-12-15(2)5-8-19(18)35-26(23)27(32)30(24)22-10-7-17(28)14-29-22/h4-10,12-14,24H,1,11H2,2-3H3. The number of pyridine rings is 1.